The molecule has 7 nitrogen and oxygen atoms in total. The minimum absolute atomic E-state index is 0.00104. The van der Waals surface area contributed by atoms with Gasteiger partial charge >= 0.3 is 0 Å². The highest BCUT2D eigenvalue weighted by Crippen LogP contribution is 2.31. The third-order valence-electron chi connectivity index (χ3n) is 5.07. The van der Waals surface area contributed by atoms with E-state index in [0.29, 0.717) is 23.8 Å². The molecule has 4 rings (SSSR count). The summed E-state index contributed by atoms with van der Waals surface area (Å²) in [7, 11) is 1.63. The Balaban J connectivity index is 1.25. The molecule has 1 fully saturated rings. The summed E-state index contributed by atoms with van der Waals surface area (Å²) < 4.78 is 12.3. The summed E-state index contributed by atoms with van der Waals surface area (Å²) in [4.78, 5) is 30.8. The molecule has 0 aliphatic carbocycles. The molecular formula is C22H23N3O4S. The number of thiazole rings is 1. The van der Waals surface area contributed by atoms with Gasteiger partial charge in [0.05, 0.1) is 23.9 Å². The van der Waals surface area contributed by atoms with Gasteiger partial charge < -0.3 is 19.7 Å². The van der Waals surface area contributed by atoms with E-state index in [-0.39, 0.29) is 24.5 Å². The third-order valence-corrected chi connectivity index (χ3v) is 6.00. The van der Waals surface area contributed by atoms with Crippen LogP contribution in [0.3, 0.4) is 0 Å². The SMILES string of the molecule is COc1ccc2sc(OC3CCN(C(=O)CNC(=O)c4ccccc4)CC3)nc2c1. The number of benzene rings is 2. The molecule has 0 spiro atoms. The van der Waals surface area contributed by atoms with Crippen LogP contribution in [0.15, 0.2) is 48.5 Å². The zero-order chi connectivity index (χ0) is 20.9. The summed E-state index contributed by atoms with van der Waals surface area (Å²) in [5.74, 6) is 0.449. The minimum atomic E-state index is -0.241. The molecule has 1 aliphatic heterocycles. The van der Waals surface area contributed by atoms with Crippen molar-refractivity contribution in [1.29, 1.82) is 0 Å². The maximum absolute atomic E-state index is 12.4. The molecule has 0 atom stereocenters. The lowest BCUT2D eigenvalue weighted by atomic mass is 10.1. The van der Waals surface area contributed by atoms with E-state index in [0.717, 1.165) is 28.8 Å². The number of aromatic nitrogens is 1. The lowest BCUT2D eigenvalue weighted by Crippen LogP contribution is -2.46. The second-order valence-electron chi connectivity index (χ2n) is 7.06. The van der Waals surface area contributed by atoms with Gasteiger partial charge in [-0.15, -0.1) is 0 Å². The van der Waals surface area contributed by atoms with E-state index >= 15 is 0 Å². The number of rotatable bonds is 6. The summed E-state index contributed by atoms with van der Waals surface area (Å²) in [5, 5.41) is 3.33. The van der Waals surface area contributed by atoms with E-state index in [9.17, 15) is 9.59 Å². The third kappa shape index (κ3) is 4.71. The Morgan fingerprint density at radius 2 is 1.93 bits per heavy atom. The van der Waals surface area contributed by atoms with Crippen LogP contribution in [0.25, 0.3) is 10.2 Å². The van der Waals surface area contributed by atoms with Crippen LogP contribution in [0.2, 0.25) is 0 Å². The number of nitrogens with one attached hydrogen (secondary N) is 1. The van der Waals surface area contributed by atoms with Gasteiger partial charge in [-0.05, 0) is 24.3 Å². The van der Waals surface area contributed by atoms with Crippen molar-refractivity contribution in [3.8, 4) is 10.9 Å². The highest BCUT2D eigenvalue weighted by Gasteiger charge is 2.25. The highest BCUT2D eigenvalue weighted by molar-refractivity contribution is 7.20. The fourth-order valence-electron chi connectivity index (χ4n) is 3.39. The van der Waals surface area contributed by atoms with Gasteiger partial charge in [-0.1, -0.05) is 29.5 Å². The van der Waals surface area contributed by atoms with E-state index in [1.807, 2.05) is 24.3 Å². The van der Waals surface area contributed by atoms with Crippen molar-refractivity contribution in [2.45, 2.75) is 18.9 Å². The summed E-state index contributed by atoms with van der Waals surface area (Å²) in [5.41, 5.74) is 1.40. The Bertz CT molecular complexity index is 1030. The summed E-state index contributed by atoms with van der Waals surface area (Å²) in [6.45, 7) is 1.20. The number of piperidine rings is 1. The van der Waals surface area contributed by atoms with Crippen LogP contribution in [0.5, 0.6) is 10.9 Å². The molecule has 0 unspecified atom stereocenters. The van der Waals surface area contributed by atoms with Gasteiger partial charge in [0, 0.05) is 37.6 Å². The van der Waals surface area contributed by atoms with E-state index in [1.54, 1.807) is 36.3 Å². The van der Waals surface area contributed by atoms with Gasteiger partial charge in [-0.2, -0.15) is 0 Å². The second kappa shape index (κ2) is 9.13. The molecule has 30 heavy (non-hydrogen) atoms. The predicted molar refractivity (Wildman–Crippen MR) is 115 cm³/mol. The van der Waals surface area contributed by atoms with Crippen molar-refractivity contribution < 1.29 is 19.1 Å². The number of fused-ring (bicyclic) bond motifs is 1. The Labute approximate surface area is 178 Å². The number of ether oxygens (including phenoxy) is 2. The molecule has 1 saturated heterocycles. The molecule has 1 aliphatic rings. The first-order valence-corrected chi connectivity index (χ1v) is 10.7. The van der Waals surface area contributed by atoms with Crippen LogP contribution in [0, 0.1) is 0 Å². The number of amides is 2. The van der Waals surface area contributed by atoms with Gasteiger partial charge in [0.2, 0.25) is 5.91 Å². The van der Waals surface area contributed by atoms with Crippen LogP contribution in [0.4, 0.5) is 0 Å². The Hall–Kier alpha value is -3.13. The van der Waals surface area contributed by atoms with Gasteiger partial charge in [0.25, 0.3) is 11.1 Å². The zero-order valence-corrected chi connectivity index (χ0v) is 17.5. The number of nitrogens with zero attached hydrogens (tertiary/aromatic N) is 2. The lowest BCUT2D eigenvalue weighted by Gasteiger charge is -2.31. The molecule has 2 amide bonds. The van der Waals surface area contributed by atoms with Crippen LogP contribution in [0.1, 0.15) is 23.2 Å². The Morgan fingerprint density at radius 1 is 1.17 bits per heavy atom. The predicted octanol–water partition coefficient (Wildman–Crippen LogP) is 3.10. The largest absolute Gasteiger partial charge is 0.497 e. The van der Waals surface area contributed by atoms with Crippen molar-refractivity contribution in [3.05, 3.63) is 54.1 Å². The molecule has 8 heteroatoms. The highest BCUT2D eigenvalue weighted by atomic mass is 32.1. The van der Waals surface area contributed by atoms with Crippen molar-refractivity contribution in [2.75, 3.05) is 26.7 Å². The molecule has 0 saturated carbocycles. The van der Waals surface area contributed by atoms with Gasteiger partial charge in [0.15, 0.2) is 0 Å². The van der Waals surface area contributed by atoms with Gasteiger partial charge in [-0.25, -0.2) is 4.98 Å². The van der Waals surface area contributed by atoms with Crippen LogP contribution >= 0.6 is 11.3 Å². The Kier molecular flexibility index (Phi) is 6.13. The number of carbonyl (C=O) groups is 2. The molecule has 1 aromatic heterocycles. The zero-order valence-electron chi connectivity index (χ0n) is 16.7. The standard InChI is InChI=1S/C22H23N3O4S/c1-28-17-7-8-19-18(13-17)24-22(30-19)29-16-9-11-25(12-10-16)20(26)14-23-21(27)15-5-3-2-4-6-15/h2-8,13,16H,9-12,14H2,1H3,(H,23,27). The number of carbonyl (C=O) groups excluding carboxylic acids is 2. The first-order valence-electron chi connectivity index (χ1n) is 9.84. The number of methoxy groups -OCH3 is 1. The van der Waals surface area contributed by atoms with E-state index in [2.05, 4.69) is 10.3 Å². The smallest absolute Gasteiger partial charge is 0.274 e. The van der Waals surface area contributed by atoms with Crippen molar-refractivity contribution in [2.24, 2.45) is 0 Å². The molecular weight excluding hydrogens is 402 g/mol. The topological polar surface area (TPSA) is 80.8 Å². The minimum Gasteiger partial charge on any atom is -0.497 e. The molecule has 156 valence electrons. The lowest BCUT2D eigenvalue weighted by molar-refractivity contribution is -0.131. The van der Waals surface area contributed by atoms with Gasteiger partial charge in [-0.3, -0.25) is 9.59 Å². The maximum Gasteiger partial charge on any atom is 0.274 e. The normalized spacial score (nSPS) is 14.5. The molecule has 3 aromatic rings. The van der Waals surface area contributed by atoms with E-state index < -0.39 is 0 Å². The molecule has 0 bridgehead atoms. The maximum atomic E-state index is 12.4. The fourth-order valence-corrected chi connectivity index (χ4v) is 4.25. The van der Waals surface area contributed by atoms with Crippen molar-refractivity contribution in [3.63, 3.8) is 0 Å². The summed E-state index contributed by atoms with van der Waals surface area (Å²) in [6, 6.07) is 14.7. The molecule has 0 radical (unpaired) electrons. The second-order valence-corrected chi connectivity index (χ2v) is 8.05. The average molecular weight is 426 g/mol. The Morgan fingerprint density at radius 3 is 2.67 bits per heavy atom. The van der Waals surface area contributed by atoms with Crippen molar-refractivity contribution in [1.82, 2.24) is 15.2 Å². The molecule has 1 N–H and O–H groups in total. The summed E-state index contributed by atoms with van der Waals surface area (Å²) in [6.07, 6.45) is 1.49. The fraction of sp³-hybridized carbons (Fsp3) is 0.318. The quantitative estimate of drug-likeness (QED) is 0.656. The number of hydrogen-bond acceptors (Lipinski definition) is 6. The molecule has 2 heterocycles. The van der Waals surface area contributed by atoms with Crippen LogP contribution in [-0.4, -0.2) is 54.5 Å². The van der Waals surface area contributed by atoms with E-state index in [1.165, 1.54) is 11.3 Å². The monoisotopic (exact) mass is 425 g/mol. The van der Waals surface area contributed by atoms with Crippen LogP contribution in [-0.2, 0) is 4.79 Å². The van der Waals surface area contributed by atoms with Gasteiger partial charge in [0.1, 0.15) is 11.9 Å². The van der Waals surface area contributed by atoms with Crippen LogP contribution < -0.4 is 14.8 Å². The first kappa shape index (κ1) is 20.2. The van der Waals surface area contributed by atoms with E-state index in [4.69, 9.17) is 9.47 Å². The number of hydrogen-bond donors (Lipinski definition) is 1. The average Bonchev–Trinajstić information content (AvgIpc) is 3.19. The van der Waals surface area contributed by atoms with Crippen molar-refractivity contribution >= 4 is 33.4 Å². The summed E-state index contributed by atoms with van der Waals surface area (Å²) >= 11 is 1.51. The number of likely N-dealkylation sites (tertiary alicyclic amines) is 1. The molecule has 2 aromatic carbocycles. The first-order chi connectivity index (χ1) is 14.6.